The minimum atomic E-state index is -1.40. The molecule has 0 aliphatic carbocycles. The SMILES string of the molecule is COc1ccc(C2(N)N=CNC(N)=N2)cc1F. The lowest BCUT2D eigenvalue weighted by atomic mass is 10.1. The Morgan fingerprint density at radius 1 is 1.47 bits per heavy atom. The highest BCUT2D eigenvalue weighted by Crippen LogP contribution is 2.26. The van der Waals surface area contributed by atoms with Crippen LogP contribution in [0.5, 0.6) is 5.75 Å². The molecule has 1 aromatic rings. The summed E-state index contributed by atoms with van der Waals surface area (Å²) in [7, 11) is 1.38. The van der Waals surface area contributed by atoms with Crippen LogP contribution < -0.4 is 21.5 Å². The van der Waals surface area contributed by atoms with Crippen molar-refractivity contribution in [2.45, 2.75) is 5.79 Å². The summed E-state index contributed by atoms with van der Waals surface area (Å²) in [5, 5.41) is 2.58. The van der Waals surface area contributed by atoms with Crippen molar-refractivity contribution >= 4 is 12.3 Å². The Labute approximate surface area is 97.2 Å². The van der Waals surface area contributed by atoms with Crippen LogP contribution in [0.15, 0.2) is 28.2 Å². The average Bonchev–Trinajstić information content (AvgIpc) is 2.28. The maximum Gasteiger partial charge on any atom is 0.233 e. The quantitative estimate of drug-likeness (QED) is 0.666. The predicted octanol–water partition coefficient (Wildman–Crippen LogP) is -0.150. The Kier molecular flexibility index (Phi) is 2.68. The fraction of sp³-hybridized carbons (Fsp3) is 0.200. The molecule has 1 aromatic carbocycles. The van der Waals surface area contributed by atoms with Crippen LogP contribution in [0.2, 0.25) is 0 Å². The minimum absolute atomic E-state index is 0.124. The van der Waals surface area contributed by atoms with Gasteiger partial charge in [0.25, 0.3) is 0 Å². The van der Waals surface area contributed by atoms with Crippen LogP contribution in [0.25, 0.3) is 0 Å². The van der Waals surface area contributed by atoms with E-state index in [0.29, 0.717) is 5.56 Å². The van der Waals surface area contributed by atoms with Crippen LogP contribution in [0.4, 0.5) is 4.39 Å². The molecule has 2 rings (SSSR count). The van der Waals surface area contributed by atoms with E-state index >= 15 is 0 Å². The van der Waals surface area contributed by atoms with Crippen LogP contribution >= 0.6 is 0 Å². The van der Waals surface area contributed by atoms with E-state index in [1.807, 2.05) is 0 Å². The predicted molar refractivity (Wildman–Crippen MR) is 62.1 cm³/mol. The van der Waals surface area contributed by atoms with Crippen molar-refractivity contribution in [1.82, 2.24) is 5.32 Å². The van der Waals surface area contributed by atoms with Gasteiger partial charge < -0.3 is 15.8 Å². The summed E-state index contributed by atoms with van der Waals surface area (Å²) in [6.45, 7) is 0. The molecule has 0 bridgehead atoms. The molecule has 1 aliphatic heterocycles. The van der Waals surface area contributed by atoms with Crippen molar-refractivity contribution in [3.8, 4) is 5.75 Å². The lowest BCUT2D eigenvalue weighted by Gasteiger charge is -2.24. The summed E-state index contributed by atoms with van der Waals surface area (Å²) in [6, 6.07) is 4.27. The topological polar surface area (TPSA) is 98.0 Å². The highest BCUT2D eigenvalue weighted by Gasteiger charge is 2.28. The van der Waals surface area contributed by atoms with Crippen molar-refractivity contribution in [1.29, 1.82) is 0 Å². The molecule has 17 heavy (non-hydrogen) atoms. The summed E-state index contributed by atoms with van der Waals surface area (Å²) in [5.41, 5.74) is 11.8. The van der Waals surface area contributed by atoms with Gasteiger partial charge in [0.1, 0.15) is 0 Å². The summed E-state index contributed by atoms with van der Waals surface area (Å²) in [6.07, 6.45) is 1.32. The molecule has 6 nitrogen and oxygen atoms in total. The second-order valence-electron chi connectivity index (χ2n) is 3.48. The van der Waals surface area contributed by atoms with Crippen LogP contribution in [0.3, 0.4) is 0 Å². The maximum absolute atomic E-state index is 13.5. The van der Waals surface area contributed by atoms with Crippen LogP contribution in [-0.2, 0) is 5.79 Å². The van der Waals surface area contributed by atoms with Gasteiger partial charge in [-0.15, -0.1) is 0 Å². The number of rotatable bonds is 2. The van der Waals surface area contributed by atoms with Crippen molar-refractivity contribution < 1.29 is 9.13 Å². The Morgan fingerprint density at radius 3 is 2.82 bits per heavy atom. The van der Waals surface area contributed by atoms with Gasteiger partial charge in [-0.25, -0.2) is 14.4 Å². The van der Waals surface area contributed by atoms with E-state index in [1.165, 1.54) is 25.6 Å². The molecule has 0 aromatic heterocycles. The van der Waals surface area contributed by atoms with Gasteiger partial charge in [0.2, 0.25) is 5.79 Å². The molecule has 1 aliphatic rings. The molecule has 0 fully saturated rings. The Bertz CT molecular complexity index is 501. The molecule has 0 amide bonds. The van der Waals surface area contributed by atoms with Crippen molar-refractivity contribution in [3.05, 3.63) is 29.6 Å². The average molecular weight is 237 g/mol. The summed E-state index contributed by atoms with van der Waals surface area (Å²) < 4.78 is 18.4. The van der Waals surface area contributed by atoms with E-state index in [-0.39, 0.29) is 11.7 Å². The number of aliphatic imine (C=N–C) groups is 2. The fourth-order valence-corrected chi connectivity index (χ4v) is 1.48. The third kappa shape index (κ3) is 2.04. The monoisotopic (exact) mass is 237 g/mol. The number of ether oxygens (including phenoxy) is 1. The van der Waals surface area contributed by atoms with E-state index in [1.54, 1.807) is 6.07 Å². The highest BCUT2D eigenvalue weighted by atomic mass is 19.1. The van der Waals surface area contributed by atoms with Gasteiger partial charge >= 0.3 is 0 Å². The first-order valence-electron chi connectivity index (χ1n) is 4.83. The second-order valence-corrected chi connectivity index (χ2v) is 3.48. The lowest BCUT2D eigenvalue weighted by Crippen LogP contribution is -2.44. The van der Waals surface area contributed by atoms with E-state index in [2.05, 4.69) is 15.3 Å². The molecule has 1 atom stereocenters. The fourth-order valence-electron chi connectivity index (χ4n) is 1.48. The molecule has 5 N–H and O–H groups in total. The maximum atomic E-state index is 13.5. The van der Waals surface area contributed by atoms with Crippen LogP contribution in [-0.4, -0.2) is 19.4 Å². The third-order valence-electron chi connectivity index (χ3n) is 2.34. The number of hydrogen-bond acceptors (Lipinski definition) is 6. The smallest absolute Gasteiger partial charge is 0.233 e. The molecule has 1 unspecified atom stereocenters. The Morgan fingerprint density at radius 2 is 2.24 bits per heavy atom. The Hall–Kier alpha value is -2.15. The molecule has 90 valence electrons. The molecule has 0 radical (unpaired) electrons. The van der Waals surface area contributed by atoms with Crippen molar-refractivity contribution in [3.63, 3.8) is 0 Å². The van der Waals surface area contributed by atoms with Crippen LogP contribution in [0, 0.1) is 5.82 Å². The van der Waals surface area contributed by atoms with Gasteiger partial charge in [0, 0.05) is 5.56 Å². The lowest BCUT2D eigenvalue weighted by molar-refractivity contribution is 0.384. The summed E-state index contributed by atoms with van der Waals surface area (Å²) in [5.74, 6) is -1.68. The molecule has 0 spiro atoms. The van der Waals surface area contributed by atoms with E-state index in [4.69, 9.17) is 16.2 Å². The third-order valence-corrected chi connectivity index (χ3v) is 2.34. The minimum Gasteiger partial charge on any atom is -0.494 e. The molecule has 1 heterocycles. The van der Waals surface area contributed by atoms with Gasteiger partial charge in [-0.3, -0.25) is 5.73 Å². The first-order chi connectivity index (χ1) is 8.05. The molecular formula is C10H12FN5O. The zero-order valence-electron chi connectivity index (χ0n) is 9.14. The number of hydrogen-bond donors (Lipinski definition) is 3. The number of halogens is 1. The van der Waals surface area contributed by atoms with Gasteiger partial charge in [-0.1, -0.05) is 0 Å². The van der Waals surface area contributed by atoms with E-state index in [9.17, 15) is 4.39 Å². The molecular weight excluding hydrogens is 225 g/mol. The number of nitrogens with two attached hydrogens (primary N) is 2. The number of benzene rings is 1. The van der Waals surface area contributed by atoms with Gasteiger partial charge in [-0.05, 0) is 18.2 Å². The van der Waals surface area contributed by atoms with E-state index < -0.39 is 11.6 Å². The van der Waals surface area contributed by atoms with Gasteiger partial charge in [0.05, 0.1) is 13.4 Å². The van der Waals surface area contributed by atoms with Crippen molar-refractivity contribution in [2.75, 3.05) is 7.11 Å². The largest absolute Gasteiger partial charge is 0.494 e. The summed E-state index contributed by atoms with van der Waals surface area (Å²) >= 11 is 0. The Balaban J connectivity index is 2.43. The molecule has 7 heteroatoms. The van der Waals surface area contributed by atoms with Crippen molar-refractivity contribution in [2.24, 2.45) is 21.5 Å². The zero-order chi connectivity index (χ0) is 12.5. The first-order valence-corrected chi connectivity index (χ1v) is 4.83. The standard InChI is InChI=1S/C10H12FN5O/c1-17-8-3-2-6(4-7(8)11)10(13)15-5-14-9(12)16-10/h2-5H,13H2,1H3,(H3,12,14,15,16). The number of nitrogens with one attached hydrogen (secondary N) is 1. The van der Waals surface area contributed by atoms with Gasteiger partial charge in [-0.2, -0.15) is 0 Å². The molecule has 0 saturated heterocycles. The highest BCUT2D eigenvalue weighted by molar-refractivity contribution is 5.90. The summed E-state index contributed by atoms with van der Waals surface area (Å²) in [4.78, 5) is 7.88. The number of nitrogens with zero attached hydrogens (tertiary/aromatic N) is 2. The van der Waals surface area contributed by atoms with E-state index in [0.717, 1.165) is 0 Å². The number of guanidine groups is 1. The second kappa shape index (κ2) is 4.02. The number of methoxy groups -OCH3 is 1. The zero-order valence-corrected chi connectivity index (χ0v) is 9.14. The normalized spacial score (nSPS) is 22.9. The van der Waals surface area contributed by atoms with Crippen LogP contribution in [0.1, 0.15) is 5.56 Å². The molecule has 0 saturated carbocycles. The van der Waals surface area contributed by atoms with Gasteiger partial charge in [0.15, 0.2) is 17.5 Å². The first kappa shape index (κ1) is 11.3.